The van der Waals surface area contributed by atoms with E-state index >= 15 is 0 Å². The van der Waals surface area contributed by atoms with Gasteiger partial charge in [-0.25, -0.2) is 0 Å². The van der Waals surface area contributed by atoms with Crippen molar-refractivity contribution in [3.63, 3.8) is 0 Å². The van der Waals surface area contributed by atoms with Crippen molar-refractivity contribution in [1.82, 2.24) is 9.80 Å². The Bertz CT molecular complexity index is 328. The standard InChI is InChI=1S/C13H23N3O2/c1-4-5-11(12(17)18)15-6-8-16(9-7-15)13(2,3)10-14/h11H,4-9H2,1-3H3,(H,17,18). The van der Waals surface area contributed by atoms with Crippen LogP contribution >= 0.6 is 0 Å². The number of piperazine rings is 1. The number of aliphatic carboxylic acids is 1. The molecule has 0 amide bonds. The summed E-state index contributed by atoms with van der Waals surface area (Å²) in [5.41, 5.74) is -0.463. The number of hydrogen-bond acceptors (Lipinski definition) is 4. The molecular formula is C13H23N3O2. The van der Waals surface area contributed by atoms with Crippen LogP contribution in [0.5, 0.6) is 0 Å². The van der Waals surface area contributed by atoms with Crippen LogP contribution in [0.15, 0.2) is 0 Å². The summed E-state index contributed by atoms with van der Waals surface area (Å²) in [5, 5.41) is 18.3. The van der Waals surface area contributed by atoms with E-state index in [1.54, 1.807) is 0 Å². The second-order valence-electron chi connectivity index (χ2n) is 5.34. The van der Waals surface area contributed by atoms with Crippen molar-refractivity contribution in [3.05, 3.63) is 0 Å². The van der Waals surface area contributed by atoms with E-state index in [4.69, 9.17) is 5.26 Å². The molecule has 1 rings (SSSR count). The van der Waals surface area contributed by atoms with E-state index in [9.17, 15) is 9.90 Å². The number of carboxylic acids is 1. The molecule has 0 aromatic heterocycles. The van der Waals surface area contributed by atoms with E-state index in [0.29, 0.717) is 6.42 Å². The van der Waals surface area contributed by atoms with Crippen LogP contribution in [0.3, 0.4) is 0 Å². The Balaban J connectivity index is 2.58. The summed E-state index contributed by atoms with van der Waals surface area (Å²) in [6.45, 7) is 8.78. The van der Waals surface area contributed by atoms with Crippen LogP contribution in [0.2, 0.25) is 0 Å². The summed E-state index contributed by atoms with van der Waals surface area (Å²) in [4.78, 5) is 15.4. The molecule has 0 saturated carbocycles. The van der Waals surface area contributed by atoms with E-state index in [-0.39, 0.29) is 6.04 Å². The lowest BCUT2D eigenvalue weighted by molar-refractivity contribution is -0.144. The third kappa shape index (κ3) is 3.44. The maximum absolute atomic E-state index is 11.2. The molecule has 5 nitrogen and oxygen atoms in total. The van der Waals surface area contributed by atoms with Crippen molar-refractivity contribution >= 4 is 5.97 Å². The van der Waals surface area contributed by atoms with Crippen molar-refractivity contribution in [2.45, 2.75) is 45.2 Å². The van der Waals surface area contributed by atoms with Crippen LogP contribution in [-0.4, -0.2) is 58.6 Å². The van der Waals surface area contributed by atoms with Crippen molar-refractivity contribution < 1.29 is 9.90 Å². The van der Waals surface area contributed by atoms with Gasteiger partial charge in [-0.1, -0.05) is 13.3 Å². The van der Waals surface area contributed by atoms with Gasteiger partial charge in [0, 0.05) is 26.2 Å². The largest absolute Gasteiger partial charge is 0.480 e. The lowest BCUT2D eigenvalue weighted by Gasteiger charge is -2.42. The van der Waals surface area contributed by atoms with Gasteiger partial charge in [-0.05, 0) is 20.3 Å². The predicted molar refractivity (Wildman–Crippen MR) is 69.2 cm³/mol. The molecule has 1 aliphatic heterocycles. The van der Waals surface area contributed by atoms with Gasteiger partial charge in [0.05, 0.1) is 6.07 Å². The normalized spacial score (nSPS) is 20.3. The molecule has 0 aliphatic carbocycles. The Labute approximate surface area is 109 Å². The molecule has 1 unspecified atom stereocenters. The highest BCUT2D eigenvalue weighted by Gasteiger charge is 2.33. The zero-order valence-electron chi connectivity index (χ0n) is 11.5. The molecule has 5 heteroatoms. The molecule has 1 N–H and O–H groups in total. The number of carbonyl (C=O) groups is 1. The summed E-state index contributed by atoms with van der Waals surface area (Å²) in [5.74, 6) is -0.732. The average Bonchev–Trinajstić information content (AvgIpc) is 2.36. The molecule has 1 aliphatic rings. The van der Waals surface area contributed by atoms with Gasteiger partial charge in [-0.3, -0.25) is 14.6 Å². The number of hydrogen-bond donors (Lipinski definition) is 1. The zero-order valence-corrected chi connectivity index (χ0v) is 11.5. The third-order valence-electron chi connectivity index (χ3n) is 3.67. The molecule has 0 bridgehead atoms. The van der Waals surface area contributed by atoms with Crippen molar-refractivity contribution in [2.24, 2.45) is 0 Å². The van der Waals surface area contributed by atoms with Crippen LogP contribution in [-0.2, 0) is 4.79 Å². The highest BCUT2D eigenvalue weighted by Crippen LogP contribution is 2.18. The number of rotatable bonds is 5. The second kappa shape index (κ2) is 6.17. The minimum atomic E-state index is -0.732. The minimum Gasteiger partial charge on any atom is -0.480 e. The first kappa shape index (κ1) is 14.9. The Morgan fingerprint density at radius 1 is 1.39 bits per heavy atom. The van der Waals surface area contributed by atoms with Crippen LogP contribution in [0, 0.1) is 11.3 Å². The summed E-state index contributed by atoms with van der Waals surface area (Å²) >= 11 is 0. The van der Waals surface area contributed by atoms with Crippen molar-refractivity contribution in [3.8, 4) is 6.07 Å². The molecule has 1 atom stereocenters. The Hall–Kier alpha value is -1.12. The summed E-state index contributed by atoms with van der Waals surface area (Å²) in [7, 11) is 0. The van der Waals surface area contributed by atoms with Gasteiger partial charge in [-0.15, -0.1) is 0 Å². The highest BCUT2D eigenvalue weighted by molar-refractivity contribution is 5.73. The van der Waals surface area contributed by atoms with E-state index in [2.05, 4.69) is 11.0 Å². The SMILES string of the molecule is CCCC(C(=O)O)N1CCN(C(C)(C)C#N)CC1. The van der Waals surface area contributed by atoms with E-state index in [0.717, 1.165) is 32.6 Å². The second-order valence-corrected chi connectivity index (χ2v) is 5.34. The first-order valence-electron chi connectivity index (χ1n) is 6.55. The van der Waals surface area contributed by atoms with Gasteiger partial charge in [0.25, 0.3) is 0 Å². The molecule has 0 aromatic carbocycles. The smallest absolute Gasteiger partial charge is 0.320 e. The number of carboxylic acid groups (broad SMARTS) is 1. The summed E-state index contributed by atoms with van der Waals surface area (Å²) in [6, 6.07) is 1.92. The fraction of sp³-hybridized carbons (Fsp3) is 0.846. The fourth-order valence-corrected chi connectivity index (χ4v) is 2.40. The maximum atomic E-state index is 11.2. The lowest BCUT2D eigenvalue weighted by Crippen LogP contribution is -2.57. The van der Waals surface area contributed by atoms with Gasteiger partial charge >= 0.3 is 5.97 Å². The molecule has 1 saturated heterocycles. The van der Waals surface area contributed by atoms with E-state index in [1.165, 1.54) is 0 Å². The first-order valence-corrected chi connectivity index (χ1v) is 6.55. The molecule has 1 heterocycles. The van der Waals surface area contributed by atoms with Gasteiger partial charge in [0.2, 0.25) is 0 Å². The third-order valence-corrected chi connectivity index (χ3v) is 3.67. The Morgan fingerprint density at radius 3 is 2.33 bits per heavy atom. The first-order chi connectivity index (χ1) is 8.42. The predicted octanol–water partition coefficient (Wildman–Crippen LogP) is 1.16. The van der Waals surface area contributed by atoms with Gasteiger partial charge in [-0.2, -0.15) is 5.26 Å². The highest BCUT2D eigenvalue weighted by atomic mass is 16.4. The molecular weight excluding hydrogens is 230 g/mol. The molecule has 0 radical (unpaired) electrons. The van der Waals surface area contributed by atoms with E-state index in [1.807, 2.05) is 25.7 Å². The topological polar surface area (TPSA) is 67.6 Å². The zero-order chi connectivity index (χ0) is 13.8. The Morgan fingerprint density at radius 2 is 1.94 bits per heavy atom. The maximum Gasteiger partial charge on any atom is 0.320 e. The number of nitriles is 1. The van der Waals surface area contributed by atoms with Crippen molar-refractivity contribution in [2.75, 3.05) is 26.2 Å². The molecule has 0 aromatic rings. The molecule has 18 heavy (non-hydrogen) atoms. The average molecular weight is 253 g/mol. The molecule has 102 valence electrons. The van der Waals surface area contributed by atoms with Gasteiger partial charge < -0.3 is 5.11 Å². The Kier molecular flexibility index (Phi) is 5.12. The lowest BCUT2D eigenvalue weighted by atomic mass is 10.0. The van der Waals surface area contributed by atoms with Crippen LogP contribution < -0.4 is 0 Å². The van der Waals surface area contributed by atoms with Crippen LogP contribution in [0.1, 0.15) is 33.6 Å². The molecule has 1 fully saturated rings. The van der Waals surface area contributed by atoms with Gasteiger partial charge in [0.1, 0.15) is 11.6 Å². The van der Waals surface area contributed by atoms with Crippen LogP contribution in [0.25, 0.3) is 0 Å². The van der Waals surface area contributed by atoms with Crippen LogP contribution in [0.4, 0.5) is 0 Å². The minimum absolute atomic E-state index is 0.373. The monoisotopic (exact) mass is 253 g/mol. The quantitative estimate of drug-likeness (QED) is 0.796. The van der Waals surface area contributed by atoms with Crippen molar-refractivity contribution in [1.29, 1.82) is 5.26 Å². The fourth-order valence-electron chi connectivity index (χ4n) is 2.40. The molecule has 0 spiro atoms. The number of nitrogens with zero attached hydrogens (tertiary/aromatic N) is 3. The summed E-state index contributed by atoms with van der Waals surface area (Å²) < 4.78 is 0. The van der Waals surface area contributed by atoms with Gasteiger partial charge in [0.15, 0.2) is 0 Å². The van der Waals surface area contributed by atoms with E-state index < -0.39 is 11.5 Å². The summed E-state index contributed by atoms with van der Waals surface area (Å²) in [6.07, 6.45) is 1.57.